The molecule has 2 atom stereocenters. The second-order valence-corrected chi connectivity index (χ2v) is 5.73. The first kappa shape index (κ1) is 13.8. The third kappa shape index (κ3) is 2.86. The maximum absolute atomic E-state index is 12.5. The van der Waals surface area contributed by atoms with Crippen LogP contribution in [0, 0.1) is 5.92 Å². The Labute approximate surface area is 110 Å². The van der Waals surface area contributed by atoms with Crippen molar-refractivity contribution in [2.24, 2.45) is 11.7 Å². The van der Waals surface area contributed by atoms with Gasteiger partial charge in [0.25, 0.3) is 0 Å². The van der Waals surface area contributed by atoms with Gasteiger partial charge in [0.15, 0.2) is 0 Å². The fourth-order valence-electron chi connectivity index (χ4n) is 3.26. The molecular formula is C14H26N2O2. The predicted octanol–water partition coefficient (Wildman–Crippen LogP) is 1.53. The number of hydrogen-bond donors (Lipinski definition) is 1. The number of rotatable bonds is 3. The second kappa shape index (κ2) is 6.02. The number of nitrogens with two attached hydrogens (primary N) is 1. The van der Waals surface area contributed by atoms with Crippen molar-refractivity contribution in [1.82, 2.24) is 4.90 Å². The number of carbonyl (C=O) groups is 1. The lowest BCUT2D eigenvalue weighted by Crippen LogP contribution is -2.45. The van der Waals surface area contributed by atoms with Gasteiger partial charge in [-0.05, 0) is 38.5 Å². The summed E-state index contributed by atoms with van der Waals surface area (Å²) in [6, 6.07) is 0.721. The zero-order chi connectivity index (χ0) is 13.1. The molecule has 2 unspecified atom stereocenters. The van der Waals surface area contributed by atoms with Crippen LogP contribution in [0.1, 0.15) is 45.4 Å². The Balaban J connectivity index is 1.91. The van der Waals surface area contributed by atoms with Crippen molar-refractivity contribution in [2.75, 3.05) is 13.7 Å². The van der Waals surface area contributed by atoms with Crippen LogP contribution < -0.4 is 5.73 Å². The molecule has 2 N–H and O–H groups in total. The Morgan fingerprint density at radius 2 is 1.94 bits per heavy atom. The summed E-state index contributed by atoms with van der Waals surface area (Å²) in [5.74, 6) is 0.357. The summed E-state index contributed by atoms with van der Waals surface area (Å²) in [5.41, 5.74) is 5.92. The van der Waals surface area contributed by atoms with Crippen molar-refractivity contribution in [2.45, 2.75) is 63.6 Å². The van der Waals surface area contributed by atoms with Crippen molar-refractivity contribution in [3.63, 3.8) is 0 Å². The van der Waals surface area contributed by atoms with Crippen molar-refractivity contribution in [3.8, 4) is 0 Å². The van der Waals surface area contributed by atoms with Crippen molar-refractivity contribution in [3.05, 3.63) is 0 Å². The third-order valence-electron chi connectivity index (χ3n) is 4.57. The van der Waals surface area contributed by atoms with Crippen LogP contribution in [0.2, 0.25) is 0 Å². The van der Waals surface area contributed by atoms with E-state index in [0.29, 0.717) is 12.1 Å². The molecule has 0 aromatic carbocycles. The van der Waals surface area contributed by atoms with Gasteiger partial charge in [0.2, 0.25) is 5.91 Å². The Morgan fingerprint density at radius 3 is 2.56 bits per heavy atom. The summed E-state index contributed by atoms with van der Waals surface area (Å²) in [6.45, 7) is 2.83. The molecule has 0 radical (unpaired) electrons. The van der Waals surface area contributed by atoms with E-state index in [-0.39, 0.29) is 17.9 Å². The van der Waals surface area contributed by atoms with E-state index in [4.69, 9.17) is 10.5 Å². The summed E-state index contributed by atoms with van der Waals surface area (Å²) >= 11 is 0. The Hall–Kier alpha value is -0.610. The first-order valence-electron chi connectivity index (χ1n) is 7.27. The number of carbonyl (C=O) groups excluding carboxylic acids is 1. The van der Waals surface area contributed by atoms with E-state index in [1.807, 2.05) is 11.9 Å². The highest BCUT2D eigenvalue weighted by Crippen LogP contribution is 2.28. The molecule has 0 spiro atoms. The molecule has 2 rings (SSSR count). The molecule has 4 nitrogen and oxygen atoms in total. The van der Waals surface area contributed by atoms with Gasteiger partial charge in [-0.2, -0.15) is 0 Å². The third-order valence-corrected chi connectivity index (χ3v) is 4.57. The van der Waals surface area contributed by atoms with E-state index < -0.39 is 0 Å². The maximum Gasteiger partial charge on any atom is 0.228 e. The van der Waals surface area contributed by atoms with E-state index in [2.05, 4.69) is 6.92 Å². The van der Waals surface area contributed by atoms with E-state index in [1.54, 1.807) is 0 Å². The quantitative estimate of drug-likeness (QED) is 0.831. The van der Waals surface area contributed by atoms with Gasteiger partial charge in [-0.15, -0.1) is 0 Å². The topological polar surface area (TPSA) is 55.6 Å². The molecule has 0 aromatic rings. The Bertz CT molecular complexity index is 288. The molecule has 0 aromatic heterocycles. The highest BCUT2D eigenvalue weighted by Gasteiger charge is 2.36. The first-order valence-corrected chi connectivity index (χ1v) is 7.27. The molecule has 1 heterocycles. The van der Waals surface area contributed by atoms with Crippen LogP contribution >= 0.6 is 0 Å². The number of ether oxygens (including phenoxy) is 1. The monoisotopic (exact) mass is 254 g/mol. The van der Waals surface area contributed by atoms with Crippen LogP contribution in [-0.4, -0.2) is 42.6 Å². The van der Waals surface area contributed by atoms with Gasteiger partial charge in [-0.25, -0.2) is 0 Å². The summed E-state index contributed by atoms with van der Waals surface area (Å²) < 4.78 is 5.62. The van der Waals surface area contributed by atoms with Gasteiger partial charge in [0, 0.05) is 25.7 Å². The lowest BCUT2D eigenvalue weighted by atomic mass is 9.89. The number of nitrogens with zero attached hydrogens (tertiary/aromatic N) is 1. The predicted molar refractivity (Wildman–Crippen MR) is 71.1 cm³/mol. The smallest absolute Gasteiger partial charge is 0.228 e. The van der Waals surface area contributed by atoms with Gasteiger partial charge in [-0.3, -0.25) is 4.79 Å². The van der Waals surface area contributed by atoms with Crippen LogP contribution in [0.4, 0.5) is 0 Å². The molecule has 1 aliphatic heterocycles. The number of hydrogen-bond acceptors (Lipinski definition) is 3. The lowest BCUT2D eigenvalue weighted by molar-refractivity contribution is -0.138. The molecule has 1 saturated heterocycles. The highest BCUT2D eigenvalue weighted by molar-refractivity contribution is 5.79. The Morgan fingerprint density at radius 1 is 1.28 bits per heavy atom. The fraction of sp³-hybridized carbons (Fsp3) is 0.929. The minimum Gasteiger partial charge on any atom is -0.377 e. The standard InChI is InChI=1S/C14H26N2O2/c1-3-13-12(8-9-18-13)14(17)16(2)11-6-4-10(15)5-7-11/h10-13H,3-9,15H2,1-2H3. The second-order valence-electron chi connectivity index (χ2n) is 5.73. The van der Waals surface area contributed by atoms with Crippen LogP contribution in [0.3, 0.4) is 0 Å². The van der Waals surface area contributed by atoms with E-state index >= 15 is 0 Å². The molecule has 1 amide bonds. The van der Waals surface area contributed by atoms with Crippen molar-refractivity contribution in [1.29, 1.82) is 0 Å². The van der Waals surface area contributed by atoms with Gasteiger partial charge < -0.3 is 15.4 Å². The van der Waals surface area contributed by atoms with Gasteiger partial charge >= 0.3 is 0 Å². The summed E-state index contributed by atoms with van der Waals surface area (Å²) in [6.07, 6.45) is 6.13. The fourth-order valence-corrected chi connectivity index (χ4v) is 3.26. The molecule has 2 aliphatic rings. The molecular weight excluding hydrogens is 228 g/mol. The van der Waals surface area contributed by atoms with Crippen LogP contribution in [0.25, 0.3) is 0 Å². The molecule has 2 fully saturated rings. The molecule has 1 aliphatic carbocycles. The van der Waals surface area contributed by atoms with Crippen molar-refractivity contribution < 1.29 is 9.53 Å². The summed E-state index contributed by atoms with van der Waals surface area (Å²) in [4.78, 5) is 14.5. The average molecular weight is 254 g/mol. The molecule has 104 valence electrons. The van der Waals surface area contributed by atoms with Gasteiger partial charge in [0.1, 0.15) is 0 Å². The largest absolute Gasteiger partial charge is 0.377 e. The lowest BCUT2D eigenvalue weighted by Gasteiger charge is -2.35. The molecule has 4 heteroatoms. The molecule has 18 heavy (non-hydrogen) atoms. The first-order chi connectivity index (χ1) is 8.63. The van der Waals surface area contributed by atoms with Gasteiger partial charge in [0.05, 0.1) is 12.0 Å². The SMILES string of the molecule is CCC1OCCC1C(=O)N(C)C1CCC(N)CC1. The summed E-state index contributed by atoms with van der Waals surface area (Å²) in [7, 11) is 1.95. The van der Waals surface area contributed by atoms with Crippen LogP contribution in [0.15, 0.2) is 0 Å². The minimum atomic E-state index is 0.0793. The van der Waals surface area contributed by atoms with Crippen LogP contribution in [-0.2, 0) is 9.53 Å². The summed E-state index contributed by atoms with van der Waals surface area (Å²) in [5, 5.41) is 0. The van der Waals surface area contributed by atoms with Crippen molar-refractivity contribution >= 4 is 5.91 Å². The molecule has 1 saturated carbocycles. The normalized spacial score (nSPS) is 36.6. The average Bonchev–Trinajstić information content (AvgIpc) is 2.86. The zero-order valence-electron chi connectivity index (χ0n) is 11.6. The zero-order valence-corrected chi connectivity index (χ0v) is 11.6. The molecule has 0 bridgehead atoms. The van der Waals surface area contributed by atoms with E-state index in [1.165, 1.54) is 0 Å². The van der Waals surface area contributed by atoms with E-state index in [9.17, 15) is 4.79 Å². The Kier molecular flexibility index (Phi) is 4.62. The van der Waals surface area contributed by atoms with Crippen LogP contribution in [0.5, 0.6) is 0 Å². The minimum absolute atomic E-state index is 0.0793. The highest BCUT2D eigenvalue weighted by atomic mass is 16.5. The maximum atomic E-state index is 12.5. The van der Waals surface area contributed by atoms with Gasteiger partial charge in [-0.1, -0.05) is 6.92 Å². The van der Waals surface area contributed by atoms with E-state index in [0.717, 1.165) is 45.1 Å². The number of amides is 1.